The average molecular weight is 545 g/mol. The quantitative estimate of drug-likeness (QED) is 0.152. The van der Waals surface area contributed by atoms with Crippen LogP contribution in [0.15, 0.2) is 83.1 Å². The van der Waals surface area contributed by atoms with Crippen LogP contribution in [0, 0.1) is 0 Å². The molecule has 0 aliphatic rings. The summed E-state index contributed by atoms with van der Waals surface area (Å²) in [5.41, 5.74) is 6.34. The number of benzene rings is 3. The number of anilines is 1. The van der Waals surface area contributed by atoms with Crippen molar-refractivity contribution in [2.75, 3.05) is 38.0 Å². The van der Waals surface area contributed by atoms with Crippen molar-refractivity contribution in [3.63, 3.8) is 0 Å². The van der Waals surface area contributed by atoms with Crippen molar-refractivity contribution in [3.8, 4) is 28.6 Å². The fourth-order valence-electron chi connectivity index (χ4n) is 4.04. The molecular weight excluding hydrogens is 512 g/mol. The summed E-state index contributed by atoms with van der Waals surface area (Å²) in [6, 6.07) is 23.4. The van der Waals surface area contributed by atoms with Crippen LogP contribution in [0.2, 0.25) is 0 Å². The second kappa shape index (κ2) is 13.5. The van der Waals surface area contributed by atoms with Gasteiger partial charge in [0.1, 0.15) is 0 Å². The molecule has 3 aromatic carbocycles. The molecule has 9 nitrogen and oxygen atoms in total. The summed E-state index contributed by atoms with van der Waals surface area (Å²) >= 11 is 1.28. The number of carbonyl (C=O) groups is 1. The molecule has 0 bridgehead atoms. The fraction of sp³-hybridized carbons (Fsp3) is 0.241. The van der Waals surface area contributed by atoms with Crippen LogP contribution < -0.4 is 19.8 Å². The summed E-state index contributed by atoms with van der Waals surface area (Å²) in [5.74, 6) is 1.71. The van der Waals surface area contributed by atoms with Crippen LogP contribution in [0.1, 0.15) is 19.4 Å². The number of thioether (sulfide) groups is 1. The van der Waals surface area contributed by atoms with Gasteiger partial charge in [-0.15, -0.1) is 10.2 Å². The highest BCUT2D eigenvalue weighted by Gasteiger charge is 2.18. The molecule has 0 saturated heterocycles. The molecule has 0 aliphatic carbocycles. The van der Waals surface area contributed by atoms with E-state index in [9.17, 15) is 4.79 Å². The third-order valence-corrected chi connectivity index (χ3v) is 6.98. The van der Waals surface area contributed by atoms with Gasteiger partial charge in [-0.25, -0.2) is 5.43 Å². The molecule has 0 atom stereocenters. The molecule has 1 heterocycles. The number of aromatic nitrogens is 3. The van der Waals surface area contributed by atoms with E-state index in [0.29, 0.717) is 22.5 Å². The Kier molecular flexibility index (Phi) is 9.58. The third-order valence-electron chi connectivity index (χ3n) is 6.05. The summed E-state index contributed by atoms with van der Waals surface area (Å²) in [4.78, 5) is 14.8. The SMILES string of the molecule is CCN(CC)c1ccc(C=NNC(=O)CSc2nnc(-c3ccc(OC)c(OC)c3)n2-c2ccccc2)cc1. The van der Waals surface area contributed by atoms with E-state index in [-0.39, 0.29) is 11.7 Å². The number of methoxy groups -OCH3 is 2. The molecule has 1 N–H and O–H groups in total. The molecule has 0 spiro atoms. The Balaban J connectivity index is 1.46. The second-order valence-corrected chi connectivity index (χ2v) is 9.34. The van der Waals surface area contributed by atoms with Crippen LogP contribution in [0.25, 0.3) is 17.1 Å². The molecule has 0 saturated carbocycles. The topological polar surface area (TPSA) is 93.9 Å². The zero-order valence-electron chi connectivity index (χ0n) is 22.5. The minimum Gasteiger partial charge on any atom is -0.493 e. The van der Waals surface area contributed by atoms with Crippen LogP contribution in [-0.2, 0) is 4.79 Å². The number of amides is 1. The maximum atomic E-state index is 12.6. The molecular formula is C29H32N6O3S. The van der Waals surface area contributed by atoms with Crippen molar-refractivity contribution < 1.29 is 14.3 Å². The van der Waals surface area contributed by atoms with Crippen LogP contribution >= 0.6 is 11.8 Å². The summed E-state index contributed by atoms with van der Waals surface area (Å²) < 4.78 is 12.8. The lowest BCUT2D eigenvalue weighted by molar-refractivity contribution is -0.118. The lowest BCUT2D eigenvalue weighted by Gasteiger charge is -2.20. The Hall–Kier alpha value is -4.31. The van der Waals surface area contributed by atoms with E-state index in [1.807, 2.05) is 65.2 Å². The molecule has 0 radical (unpaired) electrons. The summed E-state index contributed by atoms with van der Waals surface area (Å²) in [5, 5.41) is 13.5. The normalized spacial score (nSPS) is 11.0. The van der Waals surface area contributed by atoms with Gasteiger partial charge >= 0.3 is 0 Å². The molecule has 1 aromatic heterocycles. The van der Waals surface area contributed by atoms with Crippen molar-refractivity contribution in [2.24, 2.45) is 5.10 Å². The number of rotatable bonds is 12. The van der Waals surface area contributed by atoms with Gasteiger partial charge in [0.25, 0.3) is 5.91 Å². The number of carbonyl (C=O) groups excluding carboxylic acids is 1. The number of hydrazone groups is 1. The smallest absolute Gasteiger partial charge is 0.250 e. The minimum absolute atomic E-state index is 0.120. The molecule has 4 aromatic rings. The zero-order chi connectivity index (χ0) is 27.6. The second-order valence-electron chi connectivity index (χ2n) is 8.39. The molecule has 202 valence electrons. The predicted molar refractivity (Wildman–Crippen MR) is 156 cm³/mol. The molecule has 0 unspecified atom stereocenters. The fourth-order valence-corrected chi connectivity index (χ4v) is 4.78. The lowest BCUT2D eigenvalue weighted by atomic mass is 10.2. The van der Waals surface area contributed by atoms with Gasteiger partial charge in [0.2, 0.25) is 0 Å². The monoisotopic (exact) mass is 544 g/mol. The van der Waals surface area contributed by atoms with E-state index in [4.69, 9.17) is 9.47 Å². The largest absolute Gasteiger partial charge is 0.493 e. The number of para-hydroxylation sites is 1. The van der Waals surface area contributed by atoms with Crippen molar-refractivity contribution in [1.82, 2.24) is 20.2 Å². The van der Waals surface area contributed by atoms with Crippen LogP contribution in [0.5, 0.6) is 11.5 Å². The van der Waals surface area contributed by atoms with E-state index in [1.165, 1.54) is 11.8 Å². The van der Waals surface area contributed by atoms with Crippen molar-refractivity contribution in [3.05, 3.63) is 78.4 Å². The molecule has 4 rings (SSSR count). The first-order valence-corrected chi connectivity index (χ1v) is 13.6. The van der Waals surface area contributed by atoms with Gasteiger partial charge in [0, 0.05) is 30.0 Å². The Morgan fingerprint density at radius 3 is 2.36 bits per heavy atom. The zero-order valence-corrected chi connectivity index (χ0v) is 23.3. The van der Waals surface area contributed by atoms with E-state index < -0.39 is 0 Å². The van der Waals surface area contributed by atoms with E-state index in [2.05, 4.69) is 51.6 Å². The highest BCUT2D eigenvalue weighted by atomic mass is 32.2. The maximum Gasteiger partial charge on any atom is 0.250 e. The van der Waals surface area contributed by atoms with Crippen LogP contribution in [0.4, 0.5) is 5.69 Å². The third kappa shape index (κ3) is 6.77. The van der Waals surface area contributed by atoms with Gasteiger partial charge in [-0.1, -0.05) is 42.1 Å². The average Bonchev–Trinajstić information content (AvgIpc) is 3.41. The highest BCUT2D eigenvalue weighted by Crippen LogP contribution is 2.34. The maximum absolute atomic E-state index is 12.6. The van der Waals surface area contributed by atoms with E-state index in [1.54, 1.807) is 20.4 Å². The van der Waals surface area contributed by atoms with Gasteiger partial charge in [0.15, 0.2) is 22.5 Å². The number of hydrogen-bond acceptors (Lipinski definition) is 8. The Morgan fingerprint density at radius 1 is 0.974 bits per heavy atom. The van der Waals surface area contributed by atoms with Crippen LogP contribution in [-0.4, -0.2) is 59.9 Å². The molecule has 10 heteroatoms. The van der Waals surface area contributed by atoms with E-state index in [0.717, 1.165) is 35.6 Å². The van der Waals surface area contributed by atoms with Gasteiger partial charge < -0.3 is 14.4 Å². The summed E-state index contributed by atoms with van der Waals surface area (Å²) in [6.45, 7) is 6.16. The highest BCUT2D eigenvalue weighted by molar-refractivity contribution is 7.99. The van der Waals surface area contributed by atoms with Crippen molar-refractivity contribution in [2.45, 2.75) is 19.0 Å². The molecule has 1 amide bonds. The van der Waals surface area contributed by atoms with Crippen LogP contribution in [0.3, 0.4) is 0 Å². The minimum atomic E-state index is -0.244. The first kappa shape index (κ1) is 27.7. The predicted octanol–water partition coefficient (Wildman–Crippen LogP) is 5.04. The number of hydrogen-bond donors (Lipinski definition) is 1. The van der Waals surface area contributed by atoms with Crippen molar-refractivity contribution in [1.29, 1.82) is 0 Å². The first-order valence-electron chi connectivity index (χ1n) is 12.6. The Morgan fingerprint density at radius 2 is 1.69 bits per heavy atom. The van der Waals surface area contributed by atoms with E-state index >= 15 is 0 Å². The lowest BCUT2D eigenvalue weighted by Crippen LogP contribution is -2.21. The molecule has 0 aliphatic heterocycles. The van der Waals surface area contributed by atoms with Gasteiger partial charge in [-0.3, -0.25) is 9.36 Å². The van der Waals surface area contributed by atoms with Gasteiger partial charge in [-0.05, 0) is 61.9 Å². The molecule has 0 fully saturated rings. The standard InChI is InChI=1S/C29H32N6O3S/c1-5-34(6-2)23-15-12-21(13-16-23)19-30-31-27(36)20-39-29-33-32-28(35(29)24-10-8-7-9-11-24)22-14-17-25(37-3)26(18-22)38-4/h7-19H,5-6,20H2,1-4H3,(H,31,36). The summed E-state index contributed by atoms with van der Waals surface area (Å²) in [6.07, 6.45) is 1.64. The number of nitrogens with one attached hydrogen (secondary N) is 1. The number of nitrogens with zero attached hydrogens (tertiary/aromatic N) is 5. The molecule has 39 heavy (non-hydrogen) atoms. The Bertz CT molecular complexity index is 1400. The number of ether oxygens (including phenoxy) is 2. The van der Waals surface area contributed by atoms with Gasteiger partial charge in [-0.2, -0.15) is 5.10 Å². The Labute approximate surface area is 232 Å². The first-order chi connectivity index (χ1) is 19.1. The van der Waals surface area contributed by atoms with Crippen molar-refractivity contribution >= 4 is 29.6 Å². The summed E-state index contributed by atoms with van der Waals surface area (Å²) in [7, 11) is 3.18. The van der Waals surface area contributed by atoms with Gasteiger partial charge in [0.05, 0.1) is 26.2 Å².